The molecule has 9 heavy (non-hydrogen) atoms. The van der Waals surface area contributed by atoms with E-state index >= 15 is 0 Å². The molecule has 2 unspecified atom stereocenters. The first-order chi connectivity index (χ1) is 4.45. The van der Waals surface area contributed by atoms with Crippen LogP contribution in [-0.4, -0.2) is 4.57 Å². The molecule has 1 aromatic heterocycles. The first-order valence-electron chi connectivity index (χ1n) is 3.60. The number of nitrogens with zero attached hydrogens (tertiary/aromatic N) is 1. The Labute approximate surface area is 54.3 Å². The lowest BCUT2D eigenvalue weighted by molar-refractivity contribution is 0.672. The van der Waals surface area contributed by atoms with Crippen molar-refractivity contribution in [1.29, 1.82) is 0 Å². The lowest BCUT2D eigenvalue weighted by Crippen LogP contribution is -1.92. The summed E-state index contributed by atoms with van der Waals surface area (Å²) in [5.41, 5.74) is 1.58. The van der Waals surface area contributed by atoms with Crippen LogP contribution in [0.4, 0.5) is 0 Å². The first kappa shape index (κ1) is 4.15. The summed E-state index contributed by atoms with van der Waals surface area (Å²) in [5, 5.41) is 0. The molecule has 0 saturated heterocycles. The van der Waals surface area contributed by atoms with Gasteiger partial charge in [-0.1, -0.05) is 0 Å². The Balaban J connectivity index is 2.25. The van der Waals surface area contributed by atoms with Gasteiger partial charge in [0.15, 0.2) is 0 Å². The molecular formula is C8H9N. The summed E-state index contributed by atoms with van der Waals surface area (Å²) in [4.78, 5) is 0. The van der Waals surface area contributed by atoms with Gasteiger partial charge in [0.1, 0.15) is 0 Å². The monoisotopic (exact) mass is 119 g/mol. The maximum Gasteiger partial charge on any atom is 0.0257 e. The van der Waals surface area contributed by atoms with Crippen LogP contribution in [0.1, 0.15) is 18.0 Å². The average molecular weight is 119 g/mol. The van der Waals surface area contributed by atoms with Crippen LogP contribution < -0.4 is 0 Å². The van der Waals surface area contributed by atoms with Crippen LogP contribution in [-0.2, 0) is 6.54 Å². The lowest BCUT2D eigenvalue weighted by Gasteiger charge is -1.97. The molecule has 2 aliphatic rings. The molecule has 2 atom stereocenters. The van der Waals surface area contributed by atoms with E-state index in [1.807, 2.05) is 0 Å². The number of fused-ring (bicyclic) bond motifs is 3. The van der Waals surface area contributed by atoms with E-state index in [1.165, 1.54) is 13.0 Å². The highest BCUT2D eigenvalue weighted by Crippen LogP contribution is 2.53. The zero-order valence-corrected chi connectivity index (χ0v) is 5.25. The highest BCUT2D eigenvalue weighted by atomic mass is 15.0. The molecule has 46 valence electrons. The minimum Gasteiger partial charge on any atom is -0.351 e. The average Bonchev–Trinajstić information content (AvgIpc) is 2.38. The quantitative estimate of drug-likeness (QED) is 0.489. The largest absolute Gasteiger partial charge is 0.351 e. The highest BCUT2D eigenvalue weighted by molar-refractivity contribution is 5.25. The fourth-order valence-electron chi connectivity index (χ4n) is 1.99. The van der Waals surface area contributed by atoms with E-state index in [9.17, 15) is 0 Å². The molecule has 0 aromatic carbocycles. The number of hydrogen-bond acceptors (Lipinski definition) is 0. The normalized spacial score (nSPS) is 36.0. The third-order valence-electron chi connectivity index (χ3n) is 2.60. The molecule has 0 spiro atoms. The van der Waals surface area contributed by atoms with Crippen molar-refractivity contribution >= 4 is 0 Å². The molecule has 1 fully saturated rings. The summed E-state index contributed by atoms with van der Waals surface area (Å²) >= 11 is 0. The van der Waals surface area contributed by atoms with Gasteiger partial charge in [0, 0.05) is 24.4 Å². The van der Waals surface area contributed by atoms with Crippen LogP contribution in [0.2, 0.25) is 0 Å². The maximum atomic E-state index is 2.39. The Morgan fingerprint density at radius 3 is 3.44 bits per heavy atom. The van der Waals surface area contributed by atoms with Gasteiger partial charge in [-0.2, -0.15) is 0 Å². The number of aromatic nitrogens is 1. The molecule has 0 bridgehead atoms. The van der Waals surface area contributed by atoms with Crippen molar-refractivity contribution in [1.82, 2.24) is 4.57 Å². The van der Waals surface area contributed by atoms with E-state index < -0.39 is 0 Å². The van der Waals surface area contributed by atoms with Crippen molar-refractivity contribution < 1.29 is 0 Å². The zero-order chi connectivity index (χ0) is 5.84. The highest BCUT2D eigenvalue weighted by Gasteiger charge is 2.44. The molecule has 2 heterocycles. The van der Waals surface area contributed by atoms with E-state index in [2.05, 4.69) is 22.9 Å². The Kier molecular flexibility index (Phi) is 0.500. The molecule has 0 radical (unpaired) electrons. The second-order valence-electron chi connectivity index (χ2n) is 3.19. The molecule has 0 N–H and O–H groups in total. The standard InChI is InChI=1S/C8H9N/c1-2-8-7-4-6(7)5-9(8)3-1/h1-3,6-7H,4-5H2. The van der Waals surface area contributed by atoms with Gasteiger partial charge in [0.2, 0.25) is 0 Å². The van der Waals surface area contributed by atoms with Gasteiger partial charge < -0.3 is 4.57 Å². The molecule has 1 aromatic rings. The summed E-state index contributed by atoms with van der Waals surface area (Å²) in [7, 11) is 0. The summed E-state index contributed by atoms with van der Waals surface area (Å²) < 4.78 is 2.39. The topological polar surface area (TPSA) is 4.93 Å². The predicted octanol–water partition coefficient (Wildman–Crippen LogP) is 1.61. The fourth-order valence-corrected chi connectivity index (χ4v) is 1.99. The smallest absolute Gasteiger partial charge is 0.0257 e. The number of hydrogen-bond donors (Lipinski definition) is 0. The second kappa shape index (κ2) is 1.08. The van der Waals surface area contributed by atoms with Gasteiger partial charge in [-0.05, 0) is 24.5 Å². The van der Waals surface area contributed by atoms with E-state index in [0.717, 1.165) is 11.8 Å². The minimum absolute atomic E-state index is 0.958. The van der Waals surface area contributed by atoms with Gasteiger partial charge in [0.25, 0.3) is 0 Å². The molecule has 1 heteroatoms. The number of rotatable bonds is 0. The minimum atomic E-state index is 0.958. The fraction of sp³-hybridized carbons (Fsp3) is 0.500. The van der Waals surface area contributed by atoms with E-state index in [-0.39, 0.29) is 0 Å². The Morgan fingerprint density at radius 2 is 2.56 bits per heavy atom. The van der Waals surface area contributed by atoms with Crippen LogP contribution >= 0.6 is 0 Å². The molecule has 1 aliphatic heterocycles. The summed E-state index contributed by atoms with van der Waals surface area (Å²) in [6.07, 6.45) is 3.66. The SMILES string of the molecule is c1cc2n(c1)CC1CC21. The Hall–Kier alpha value is -0.720. The van der Waals surface area contributed by atoms with Crippen LogP contribution in [0.5, 0.6) is 0 Å². The van der Waals surface area contributed by atoms with Gasteiger partial charge in [-0.15, -0.1) is 0 Å². The Morgan fingerprint density at radius 1 is 1.56 bits per heavy atom. The van der Waals surface area contributed by atoms with Gasteiger partial charge >= 0.3 is 0 Å². The maximum absolute atomic E-state index is 2.39. The van der Waals surface area contributed by atoms with Crippen LogP contribution in [0.25, 0.3) is 0 Å². The van der Waals surface area contributed by atoms with Gasteiger partial charge in [0.05, 0.1) is 0 Å². The zero-order valence-electron chi connectivity index (χ0n) is 5.25. The van der Waals surface area contributed by atoms with Crippen molar-refractivity contribution in [3.63, 3.8) is 0 Å². The lowest BCUT2D eigenvalue weighted by atomic mass is 10.3. The molecular weight excluding hydrogens is 110 g/mol. The van der Waals surface area contributed by atoms with Crippen molar-refractivity contribution in [3.05, 3.63) is 24.0 Å². The molecule has 3 rings (SSSR count). The third-order valence-corrected chi connectivity index (χ3v) is 2.60. The van der Waals surface area contributed by atoms with Gasteiger partial charge in [-0.3, -0.25) is 0 Å². The Bertz CT molecular complexity index is 249. The van der Waals surface area contributed by atoms with E-state index in [0.29, 0.717) is 0 Å². The van der Waals surface area contributed by atoms with E-state index in [4.69, 9.17) is 0 Å². The summed E-state index contributed by atoms with van der Waals surface area (Å²) in [5.74, 6) is 1.99. The van der Waals surface area contributed by atoms with Gasteiger partial charge in [-0.25, -0.2) is 0 Å². The van der Waals surface area contributed by atoms with Crippen LogP contribution in [0.3, 0.4) is 0 Å². The third kappa shape index (κ3) is 0.374. The predicted molar refractivity (Wildman–Crippen MR) is 35.3 cm³/mol. The van der Waals surface area contributed by atoms with Crippen molar-refractivity contribution in [3.8, 4) is 0 Å². The summed E-state index contributed by atoms with van der Waals surface area (Å²) in [6, 6.07) is 4.42. The molecule has 1 aliphatic carbocycles. The molecule has 1 nitrogen and oxygen atoms in total. The van der Waals surface area contributed by atoms with E-state index in [1.54, 1.807) is 5.69 Å². The second-order valence-corrected chi connectivity index (χ2v) is 3.19. The van der Waals surface area contributed by atoms with Crippen molar-refractivity contribution in [2.45, 2.75) is 18.9 Å². The molecule has 1 saturated carbocycles. The summed E-state index contributed by atoms with van der Waals surface area (Å²) in [6.45, 7) is 1.30. The first-order valence-corrected chi connectivity index (χ1v) is 3.60. The molecule has 0 amide bonds. The van der Waals surface area contributed by atoms with Crippen molar-refractivity contribution in [2.75, 3.05) is 0 Å². The van der Waals surface area contributed by atoms with Crippen LogP contribution in [0, 0.1) is 5.92 Å². The van der Waals surface area contributed by atoms with Crippen molar-refractivity contribution in [2.24, 2.45) is 5.92 Å². The van der Waals surface area contributed by atoms with Crippen LogP contribution in [0.15, 0.2) is 18.3 Å².